The summed E-state index contributed by atoms with van der Waals surface area (Å²) in [7, 11) is 0. The van der Waals surface area contributed by atoms with Crippen LogP contribution in [-0.4, -0.2) is 37.8 Å². The monoisotopic (exact) mass is 529 g/mol. The first kappa shape index (κ1) is 23.9. The van der Waals surface area contributed by atoms with Crippen LogP contribution in [0.4, 0.5) is 10.8 Å². The first-order valence-corrected chi connectivity index (χ1v) is 13.0. The molecule has 9 nitrogen and oxygen atoms in total. The molecule has 1 fully saturated rings. The molecular formula is C28H23N3O6S. The lowest BCUT2D eigenvalue weighted by atomic mass is 9.61. The molecule has 0 saturated heterocycles. The van der Waals surface area contributed by atoms with Gasteiger partial charge in [0.05, 0.1) is 22.9 Å². The number of Topliss-reactive ketones (excluding diaryl/α,β-unsaturated/α-hetero) is 2. The minimum Gasteiger partial charge on any atom is -0.511 e. The highest BCUT2D eigenvalue weighted by Crippen LogP contribution is 2.51. The summed E-state index contributed by atoms with van der Waals surface area (Å²) < 4.78 is 0. The highest BCUT2D eigenvalue weighted by Gasteiger charge is 2.50. The fourth-order valence-corrected chi connectivity index (χ4v) is 6.64. The Labute approximate surface area is 221 Å². The van der Waals surface area contributed by atoms with Crippen molar-refractivity contribution in [2.45, 2.75) is 19.3 Å². The number of ketones is 2. The lowest BCUT2D eigenvalue weighted by Crippen LogP contribution is -2.44. The Balaban J connectivity index is 1.36. The SMILES string of the molecule is NC(=O)C1=C(O)C2C(=O)C3=C(O)c4c(ccc(Nc5nc(-c6ccccc6)cs5)c4O)C[C@H]3C[C@H]2CC1=O. The topological polar surface area (TPSA) is 163 Å². The second-order valence-corrected chi connectivity index (χ2v) is 10.6. The van der Waals surface area contributed by atoms with Crippen molar-refractivity contribution < 1.29 is 29.7 Å². The number of anilines is 2. The van der Waals surface area contributed by atoms with Gasteiger partial charge in [-0.15, -0.1) is 11.3 Å². The summed E-state index contributed by atoms with van der Waals surface area (Å²) in [5, 5.41) is 38.6. The van der Waals surface area contributed by atoms with E-state index in [-0.39, 0.29) is 29.1 Å². The number of thiazole rings is 1. The van der Waals surface area contributed by atoms with E-state index in [1.54, 1.807) is 12.1 Å². The van der Waals surface area contributed by atoms with Crippen molar-refractivity contribution in [1.29, 1.82) is 0 Å². The van der Waals surface area contributed by atoms with Crippen LogP contribution >= 0.6 is 11.3 Å². The number of nitrogens with two attached hydrogens (primary N) is 1. The molecule has 0 radical (unpaired) electrons. The maximum atomic E-state index is 13.5. The molecule has 2 aromatic carbocycles. The number of phenols is 1. The van der Waals surface area contributed by atoms with E-state index >= 15 is 0 Å². The number of benzene rings is 2. The van der Waals surface area contributed by atoms with Crippen molar-refractivity contribution in [3.63, 3.8) is 0 Å². The van der Waals surface area contributed by atoms with Crippen LogP contribution in [0.25, 0.3) is 17.0 Å². The molecule has 6 rings (SSSR count). The fourth-order valence-electron chi connectivity index (χ4n) is 5.90. The summed E-state index contributed by atoms with van der Waals surface area (Å²) in [6.07, 6.45) is 0.649. The van der Waals surface area contributed by atoms with E-state index in [2.05, 4.69) is 10.3 Å². The number of allylic oxidation sites excluding steroid dienone is 2. The van der Waals surface area contributed by atoms with Gasteiger partial charge in [-0.1, -0.05) is 36.4 Å². The van der Waals surface area contributed by atoms with Crippen molar-refractivity contribution in [1.82, 2.24) is 4.98 Å². The highest BCUT2D eigenvalue weighted by molar-refractivity contribution is 7.14. The molecular weight excluding hydrogens is 506 g/mol. The summed E-state index contributed by atoms with van der Waals surface area (Å²) >= 11 is 1.36. The zero-order chi connectivity index (χ0) is 26.7. The third-order valence-corrected chi connectivity index (χ3v) is 8.33. The number of fused-ring (bicyclic) bond motifs is 3. The predicted molar refractivity (Wildman–Crippen MR) is 141 cm³/mol. The molecule has 1 heterocycles. The zero-order valence-electron chi connectivity index (χ0n) is 20.0. The summed E-state index contributed by atoms with van der Waals surface area (Å²) in [5.41, 5.74) is 7.65. The Morgan fingerprint density at radius 1 is 1.05 bits per heavy atom. The summed E-state index contributed by atoms with van der Waals surface area (Å²) in [6, 6.07) is 13.1. The molecule has 0 aliphatic heterocycles. The normalized spacial score (nSPS) is 22.6. The third kappa shape index (κ3) is 3.67. The van der Waals surface area contributed by atoms with Gasteiger partial charge < -0.3 is 26.4 Å². The first-order valence-electron chi connectivity index (χ1n) is 12.1. The molecule has 6 N–H and O–H groups in total. The Morgan fingerprint density at radius 3 is 2.55 bits per heavy atom. The van der Waals surface area contributed by atoms with Gasteiger partial charge in [-0.25, -0.2) is 4.98 Å². The van der Waals surface area contributed by atoms with Crippen molar-refractivity contribution in [2.75, 3.05) is 5.32 Å². The smallest absolute Gasteiger partial charge is 0.255 e. The van der Waals surface area contributed by atoms with Gasteiger partial charge in [-0.05, 0) is 36.3 Å². The van der Waals surface area contributed by atoms with Gasteiger partial charge in [0.1, 0.15) is 22.8 Å². The Bertz CT molecular complexity index is 1590. The van der Waals surface area contributed by atoms with E-state index in [1.165, 1.54) is 11.3 Å². The Morgan fingerprint density at radius 2 is 1.82 bits per heavy atom. The fraction of sp³-hybridized carbons (Fsp3) is 0.214. The number of amides is 1. The van der Waals surface area contributed by atoms with Gasteiger partial charge in [-0.2, -0.15) is 0 Å². The van der Waals surface area contributed by atoms with Gasteiger partial charge in [0, 0.05) is 22.9 Å². The number of hydrogen-bond acceptors (Lipinski definition) is 9. The second kappa shape index (κ2) is 8.84. The van der Waals surface area contributed by atoms with Crippen LogP contribution in [0.2, 0.25) is 0 Å². The minimum atomic E-state index is -1.14. The van der Waals surface area contributed by atoms with Crippen LogP contribution < -0.4 is 11.1 Å². The van der Waals surface area contributed by atoms with Crippen molar-refractivity contribution in [2.24, 2.45) is 23.5 Å². The van der Waals surface area contributed by atoms with Crippen LogP contribution in [0.3, 0.4) is 0 Å². The lowest BCUT2D eigenvalue weighted by Gasteiger charge is -2.41. The maximum Gasteiger partial charge on any atom is 0.255 e. The molecule has 1 amide bonds. The molecule has 3 aliphatic carbocycles. The molecule has 1 saturated carbocycles. The first-order chi connectivity index (χ1) is 18.2. The molecule has 0 spiro atoms. The quantitative estimate of drug-likeness (QED) is 0.248. The van der Waals surface area contributed by atoms with Gasteiger partial charge in [0.25, 0.3) is 5.91 Å². The average Bonchev–Trinajstić information content (AvgIpc) is 3.34. The molecule has 1 unspecified atom stereocenters. The molecule has 3 aliphatic rings. The molecule has 0 bridgehead atoms. The van der Waals surface area contributed by atoms with Crippen LogP contribution in [0.15, 0.2) is 64.8 Å². The zero-order valence-corrected chi connectivity index (χ0v) is 20.8. The Kier molecular flexibility index (Phi) is 5.57. The van der Waals surface area contributed by atoms with Crippen molar-refractivity contribution in [3.05, 3.63) is 75.9 Å². The minimum absolute atomic E-state index is 0.0801. The molecule has 38 heavy (non-hydrogen) atoms. The van der Waals surface area contributed by atoms with Crippen LogP contribution in [0.1, 0.15) is 24.0 Å². The van der Waals surface area contributed by atoms with Gasteiger partial charge in [0.2, 0.25) is 0 Å². The maximum absolute atomic E-state index is 13.5. The summed E-state index contributed by atoms with van der Waals surface area (Å²) in [6.45, 7) is 0. The van der Waals surface area contributed by atoms with Crippen LogP contribution in [0.5, 0.6) is 5.75 Å². The number of carbonyl (C=O) groups is 3. The van der Waals surface area contributed by atoms with Gasteiger partial charge in [0.15, 0.2) is 16.7 Å². The third-order valence-electron chi connectivity index (χ3n) is 7.58. The number of nitrogens with zero attached hydrogens (tertiary/aromatic N) is 1. The summed E-state index contributed by atoms with van der Waals surface area (Å²) in [4.78, 5) is 42.3. The van der Waals surface area contributed by atoms with Crippen LogP contribution in [-0.2, 0) is 20.8 Å². The van der Waals surface area contributed by atoms with Crippen molar-refractivity contribution in [3.8, 4) is 17.0 Å². The van der Waals surface area contributed by atoms with E-state index in [0.29, 0.717) is 29.2 Å². The standard InChI is InChI=1S/C28H23N3O6S/c29-27(37)22-18(32)10-15-9-14-8-13-6-7-16(30-28-31-17(11-38-28)12-4-2-1-3-5-12)23(33)19(13)24(34)20(14)25(35)21(15)26(22)36/h1-7,11,14-15,21,33-34,36H,8-10H2,(H2,29,37)(H,30,31)/t14-,15-,21?/m0/s1. The van der Waals surface area contributed by atoms with E-state index in [0.717, 1.165) is 11.3 Å². The van der Waals surface area contributed by atoms with Gasteiger partial charge in [-0.3, -0.25) is 14.4 Å². The number of nitrogens with one attached hydrogen (secondary N) is 1. The molecule has 3 atom stereocenters. The van der Waals surface area contributed by atoms with E-state index in [4.69, 9.17) is 5.73 Å². The number of aliphatic hydroxyl groups is 2. The molecule has 3 aromatic rings. The second-order valence-electron chi connectivity index (χ2n) is 9.78. The van der Waals surface area contributed by atoms with Crippen LogP contribution in [0, 0.1) is 17.8 Å². The van der Waals surface area contributed by atoms with E-state index in [1.807, 2.05) is 35.7 Å². The molecule has 10 heteroatoms. The number of rotatable bonds is 4. The average molecular weight is 530 g/mol. The highest BCUT2D eigenvalue weighted by atomic mass is 32.1. The summed E-state index contributed by atoms with van der Waals surface area (Å²) in [5.74, 6) is -5.49. The number of hydrogen-bond donors (Lipinski definition) is 5. The number of aromatic hydroxyl groups is 1. The van der Waals surface area contributed by atoms with E-state index in [9.17, 15) is 29.7 Å². The number of aliphatic hydroxyl groups excluding tert-OH is 2. The number of primary amides is 1. The van der Waals surface area contributed by atoms with Gasteiger partial charge >= 0.3 is 0 Å². The lowest BCUT2D eigenvalue weighted by molar-refractivity contribution is -0.127. The molecule has 192 valence electrons. The number of aromatic nitrogens is 1. The molecule has 1 aromatic heterocycles. The largest absolute Gasteiger partial charge is 0.511 e. The van der Waals surface area contributed by atoms with Crippen molar-refractivity contribution >= 4 is 45.4 Å². The Hall–Kier alpha value is -4.44. The number of carbonyl (C=O) groups excluding carboxylic acids is 3. The predicted octanol–water partition coefficient (Wildman–Crippen LogP) is 4.18. The number of phenolic OH excluding ortho intramolecular Hbond substituents is 1. The van der Waals surface area contributed by atoms with E-state index < -0.39 is 46.6 Å².